The van der Waals surface area contributed by atoms with Crippen molar-refractivity contribution in [3.63, 3.8) is 0 Å². The molecule has 0 bridgehead atoms. The SMILES string of the molecule is CCO[Si]1(OCC)CCC1CC. The molecule has 0 aromatic heterocycles. The maximum Gasteiger partial charge on any atom is 0.341 e. The second-order valence-electron chi connectivity index (χ2n) is 3.32. The third-order valence-electron chi connectivity index (χ3n) is 2.73. The first-order valence-electron chi connectivity index (χ1n) is 5.07. The second-order valence-corrected chi connectivity index (χ2v) is 6.84. The van der Waals surface area contributed by atoms with Crippen LogP contribution < -0.4 is 0 Å². The Morgan fingerprint density at radius 1 is 1.17 bits per heavy atom. The molecule has 0 aliphatic carbocycles. The van der Waals surface area contributed by atoms with Crippen molar-refractivity contribution >= 4 is 8.56 Å². The first kappa shape index (κ1) is 10.2. The van der Waals surface area contributed by atoms with Gasteiger partial charge in [-0.1, -0.05) is 13.3 Å². The van der Waals surface area contributed by atoms with Crippen molar-refractivity contribution in [1.29, 1.82) is 0 Å². The predicted molar refractivity (Wildman–Crippen MR) is 52.5 cm³/mol. The van der Waals surface area contributed by atoms with E-state index in [-0.39, 0.29) is 0 Å². The third kappa shape index (κ3) is 1.73. The minimum absolute atomic E-state index is 0.761. The van der Waals surface area contributed by atoms with Crippen LogP contribution in [-0.2, 0) is 8.85 Å². The van der Waals surface area contributed by atoms with Gasteiger partial charge in [0, 0.05) is 18.8 Å². The molecule has 1 fully saturated rings. The van der Waals surface area contributed by atoms with Crippen molar-refractivity contribution in [3.8, 4) is 0 Å². The van der Waals surface area contributed by atoms with E-state index in [1.807, 2.05) is 0 Å². The molecule has 0 amide bonds. The average molecular weight is 188 g/mol. The molecule has 1 unspecified atom stereocenters. The lowest BCUT2D eigenvalue weighted by molar-refractivity contribution is 0.150. The standard InChI is InChI=1S/C9H20O2Si/c1-4-9-7-8-12(9,10-5-2)11-6-3/h9H,4-8H2,1-3H3. The van der Waals surface area contributed by atoms with E-state index in [4.69, 9.17) is 8.85 Å². The first-order valence-corrected chi connectivity index (χ1v) is 7.17. The molecule has 0 saturated carbocycles. The van der Waals surface area contributed by atoms with E-state index in [2.05, 4.69) is 20.8 Å². The molecule has 1 aliphatic heterocycles. The van der Waals surface area contributed by atoms with E-state index in [1.165, 1.54) is 18.9 Å². The van der Waals surface area contributed by atoms with Gasteiger partial charge in [-0.15, -0.1) is 0 Å². The summed E-state index contributed by atoms with van der Waals surface area (Å²) in [7, 11) is -1.67. The van der Waals surface area contributed by atoms with Crippen LogP contribution in [0.5, 0.6) is 0 Å². The summed E-state index contributed by atoms with van der Waals surface area (Å²) < 4.78 is 11.7. The highest BCUT2D eigenvalue weighted by Crippen LogP contribution is 2.46. The van der Waals surface area contributed by atoms with Gasteiger partial charge in [-0.2, -0.15) is 0 Å². The molecule has 1 saturated heterocycles. The minimum Gasteiger partial charge on any atom is -0.394 e. The summed E-state index contributed by atoms with van der Waals surface area (Å²) >= 11 is 0. The highest BCUT2D eigenvalue weighted by atomic mass is 28.4. The Labute approximate surface area is 76.5 Å². The smallest absolute Gasteiger partial charge is 0.341 e. The molecule has 0 radical (unpaired) electrons. The zero-order chi connectivity index (χ0) is 9.03. The van der Waals surface area contributed by atoms with Gasteiger partial charge < -0.3 is 8.85 Å². The Balaban J connectivity index is 2.47. The Morgan fingerprint density at radius 3 is 2.00 bits per heavy atom. The van der Waals surface area contributed by atoms with Gasteiger partial charge in [-0.25, -0.2) is 0 Å². The Bertz CT molecular complexity index is 130. The van der Waals surface area contributed by atoms with E-state index >= 15 is 0 Å². The molecule has 1 atom stereocenters. The summed E-state index contributed by atoms with van der Waals surface area (Å²) in [6.45, 7) is 8.02. The molecule has 0 spiro atoms. The average Bonchev–Trinajstić information content (AvgIpc) is 2.03. The van der Waals surface area contributed by atoms with E-state index in [0.717, 1.165) is 18.8 Å². The van der Waals surface area contributed by atoms with Crippen LogP contribution in [0.1, 0.15) is 33.6 Å². The second kappa shape index (κ2) is 4.39. The lowest BCUT2D eigenvalue weighted by atomic mass is 10.2. The van der Waals surface area contributed by atoms with Gasteiger partial charge in [0.05, 0.1) is 0 Å². The van der Waals surface area contributed by atoms with Crippen molar-refractivity contribution in [2.45, 2.75) is 45.2 Å². The molecular formula is C9H20O2Si. The van der Waals surface area contributed by atoms with Gasteiger partial charge in [0.1, 0.15) is 0 Å². The van der Waals surface area contributed by atoms with Crippen LogP contribution in [0.15, 0.2) is 0 Å². The monoisotopic (exact) mass is 188 g/mol. The lowest BCUT2D eigenvalue weighted by Crippen LogP contribution is -2.53. The molecule has 12 heavy (non-hydrogen) atoms. The molecule has 1 rings (SSSR count). The van der Waals surface area contributed by atoms with Crippen molar-refractivity contribution in [3.05, 3.63) is 0 Å². The Kier molecular flexibility index (Phi) is 3.74. The molecule has 0 aromatic rings. The van der Waals surface area contributed by atoms with Crippen molar-refractivity contribution in [2.24, 2.45) is 0 Å². The van der Waals surface area contributed by atoms with Crippen LogP contribution in [0.25, 0.3) is 0 Å². The number of hydrogen-bond donors (Lipinski definition) is 0. The maximum atomic E-state index is 5.83. The van der Waals surface area contributed by atoms with Crippen molar-refractivity contribution < 1.29 is 8.85 Å². The summed E-state index contributed by atoms with van der Waals surface area (Å²) in [4.78, 5) is 0. The maximum absolute atomic E-state index is 5.83. The molecular weight excluding hydrogens is 168 g/mol. The Hall–Kier alpha value is 0.137. The quantitative estimate of drug-likeness (QED) is 0.618. The van der Waals surface area contributed by atoms with Gasteiger partial charge in [0.15, 0.2) is 0 Å². The topological polar surface area (TPSA) is 18.5 Å². The highest BCUT2D eigenvalue weighted by molar-refractivity contribution is 6.71. The van der Waals surface area contributed by atoms with E-state index in [9.17, 15) is 0 Å². The van der Waals surface area contributed by atoms with Crippen LogP contribution in [0.3, 0.4) is 0 Å². The third-order valence-corrected chi connectivity index (χ3v) is 7.21. The largest absolute Gasteiger partial charge is 0.394 e. The fourth-order valence-corrected chi connectivity index (χ4v) is 5.62. The summed E-state index contributed by atoms with van der Waals surface area (Å²) in [5.74, 6) is 0. The molecule has 1 aliphatic rings. The van der Waals surface area contributed by atoms with Crippen LogP contribution in [0.4, 0.5) is 0 Å². The molecule has 1 heterocycles. The zero-order valence-electron chi connectivity index (χ0n) is 8.43. The van der Waals surface area contributed by atoms with E-state index in [0.29, 0.717) is 0 Å². The number of hydrogen-bond acceptors (Lipinski definition) is 2. The highest BCUT2D eigenvalue weighted by Gasteiger charge is 2.52. The van der Waals surface area contributed by atoms with Crippen LogP contribution in [-0.4, -0.2) is 21.8 Å². The molecule has 0 N–H and O–H groups in total. The first-order chi connectivity index (χ1) is 5.79. The van der Waals surface area contributed by atoms with Crippen LogP contribution in [0, 0.1) is 0 Å². The summed E-state index contributed by atoms with van der Waals surface area (Å²) in [6, 6.07) is 1.22. The van der Waals surface area contributed by atoms with E-state index < -0.39 is 8.56 Å². The zero-order valence-corrected chi connectivity index (χ0v) is 9.43. The molecule has 0 aromatic carbocycles. The fourth-order valence-electron chi connectivity index (χ4n) is 2.01. The lowest BCUT2D eigenvalue weighted by Gasteiger charge is -2.44. The van der Waals surface area contributed by atoms with Crippen LogP contribution in [0.2, 0.25) is 11.6 Å². The van der Waals surface area contributed by atoms with Crippen molar-refractivity contribution in [1.82, 2.24) is 0 Å². The van der Waals surface area contributed by atoms with Gasteiger partial charge in [0.2, 0.25) is 0 Å². The molecule has 2 nitrogen and oxygen atoms in total. The summed E-state index contributed by atoms with van der Waals surface area (Å²) in [6.07, 6.45) is 2.55. The van der Waals surface area contributed by atoms with Crippen LogP contribution >= 0.6 is 0 Å². The molecule has 3 heteroatoms. The van der Waals surface area contributed by atoms with Gasteiger partial charge in [-0.3, -0.25) is 0 Å². The Morgan fingerprint density at radius 2 is 1.75 bits per heavy atom. The van der Waals surface area contributed by atoms with Gasteiger partial charge in [0.25, 0.3) is 0 Å². The fraction of sp³-hybridized carbons (Fsp3) is 1.00. The van der Waals surface area contributed by atoms with Gasteiger partial charge >= 0.3 is 8.56 Å². The normalized spacial score (nSPS) is 26.8. The summed E-state index contributed by atoms with van der Waals surface area (Å²) in [5, 5.41) is 0. The predicted octanol–water partition coefficient (Wildman–Crippen LogP) is 2.69. The van der Waals surface area contributed by atoms with Crippen molar-refractivity contribution in [2.75, 3.05) is 13.2 Å². The summed E-state index contributed by atoms with van der Waals surface area (Å²) in [5.41, 5.74) is 0.761. The van der Waals surface area contributed by atoms with Gasteiger partial charge in [-0.05, 0) is 26.3 Å². The minimum atomic E-state index is -1.67. The number of rotatable bonds is 5. The van der Waals surface area contributed by atoms with E-state index in [1.54, 1.807) is 0 Å². The molecule has 72 valence electrons.